The second-order valence-corrected chi connectivity index (χ2v) is 8.56. The molecule has 0 unspecified atom stereocenters. The number of nitrogens with zero attached hydrogens (tertiary/aromatic N) is 3. The molecule has 1 atom stereocenters. The summed E-state index contributed by atoms with van der Waals surface area (Å²) < 4.78 is 0. The zero-order chi connectivity index (χ0) is 21.6. The Balaban J connectivity index is 1.24. The lowest BCUT2D eigenvalue weighted by molar-refractivity contribution is 0.0838. The predicted octanol–water partition coefficient (Wildman–Crippen LogP) is 1.34. The molecule has 1 aromatic carbocycles. The SMILES string of the molecule is O=C(NC[C@H](O)CN1CCc2ccccc2C1)c1cc(N[C@H]2CC[C@@H](O)CC2)ncn1. The van der Waals surface area contributed by atoms with Crippen LogP contribution in [0.5, 0.6) is 0 Å². The van der Waals surface area contributed by atoms with Gasteiger partial charge in [-0.15, -0.1) is 0 Å². The third kappa shape index (κ3) is 6.00. The molecule has 8 nitrogen and oxygen atoms in total. The van der Waals surface area contributed by atoms with E-state index in [0.29, 0.717) is 12.4 Å². The largest absolute Gasteiger partial charge is 0.393 e. The lowest BCUT2D eigenvalue weighted by Gasteiger charge is -2.30. The maximum Gasteiger partial charge on any atom is 0.270 e. The van der Waals surface area contributed by atoms with Crippen molar-refractivity contribution in [1.29, 1.82) is 0 Å². The van der Waals surface area contributed by atoms with Crippen LogP contribution in [0.2, 0.25) is 0 Å². The molecule has 1 saturated carbocycles. The number of anilines is 1. The van der Waals surface area contributed by atoms with E-state index in [2.05, 4.69) is 43.7 Å². The van der Waals surface area contributed by atoms with Gasteiger partial charge in [-0.25, -0.2) is 9.97 Å². The van der Waals surface area contributed by atoms with Crippen LogP contribution in [0.15, 0.2) is 36.7 Å². The molecule has 4 rings (SSSR count). The Morgan fingerprint density at radius 3 is 2.74 bits per heavy atom. The van der Waals surface area contributed by atoms with Crippen molar-refractivity contribution in [3.05, 3.63) is 53.5 Å². The predicted molar refractivity (Wildman–Crippen MR) is 118 cm³/mol. The normalized spacial score (nSPS) is 22.4. The Morgan fingerprint density at radius 2 is 1.94 bits per heavy atom. The van der Waals surface area contributed by atoms with Gasteiger partial charge in [0.25, 0.3) is 5.91 Å². The van der Waals surface area contributed by atoms with E-state index >= 15 is 0 Å². The lowest BCUT2D eigenvalue weighted by atomic mass is 9.93. The summed E-state index contributed by atoms with van der Waals surface area (Å²) in [6.07, 6.45) is 4.79. The molecular weight excluding hydrogens is 394 g/mol. The quantitative estimate of drug-likeness (QED) is 0.530. The molecule has 0 radical (unpaired) electrons. The monoisotopic (exact) mass is 425 g/mol. The van der Waals surface area contributed by atoms with E-state index in [-0.39, 0.29) is 30.3 Å². The van der Waals surface area contributed by atoms with Crippen molar-refractivity contribution in [2.45, 2.75) is 56.9 Å². The zero-order valence-corrected chi connectivity index (χ0v) is 17.7. The lowest BCUT2D eigenvalue weighted by Crippen LogP contribution is -2.42. The highest BCUT2D eigenvalue weighted by atomic mass is 16.3. The van der Waals surface area contributed by atoms with E-state index in [9.17, 15) is 15.0 Å². The molecule has 2 aliphatic rings. The molecule has 0 saturated heterocycles. The number of aromatic nitrogens is 2. The van der Waals surface area contributed by atoms with Crippen molar-refractivity contribution < 1.29 is 15.0 Å². The number of rotatable bonds is 7. The topological polar surface area (TPSA) is 111 Å². The first-order valence-electron chi connectivity index (χ1n) is 11.1. The van der Waals surface area contributed by atoms with Gasteiger partial charge in [0.1, 0.15) is 17.8 Å². The fourth-order valence-electron chi connectivity index (χ4n) is 4.36. The van der Waals surface area contributed by atoms with Crippen molar-refractivity contribution in [3.63, 3.8) is 0 Å². The molecule has 31 heavy (non-hydrogen) atoms. The molecule has 2 aromatic rings. The minimum Gasteiger partial charge on any atom is -0.393 e. The van der Waals surface area contributed by atoms with Crippen LogP contribution in [0.1, 0.15) is 47.3 Å². The molecule has 0 spiro atoms. The van der Waals surface area contributed by atoms with Crippen molar-refractivity contribution in [2.75, 3.05) is 25.0 Å². The summed E-state index contributed by atoms with van der Waals surface area (Å²) in [6, 6.07) is 10.3. The van der Waals surface area contributed by atoms with Crippen molar-refractivity contribution >= 4 is 11.7 Å². The number of nitrogens with one attached hydrogen (secondary N) is 2. The molecule has 0 bridgehead atoms. The Labute approximate surface area is 182 Å². The molecule has 1 fully saturated rings. The standard InChI is InChI=1S/C23H31N5O3/c29-19-7-5-18(6-8-19)27-22-11-21(25-15-26-22)23(31)24-12-20(30)14-28-10-9-16-3-1-2-4-17(16)13-28/h1-4,11,15,18-20,29-30H,5-10,12-14H2,(H,24,31)(H,25,26,27)/t18-,19+,20-/m0/s1. The second-order valence-electron chi connectivity index (χ2n) is 8.56. The van der Waals surface area contributed by atoms with Crippen molar-refractivity contribution in [2.24, 2.45) is 0 Å². The minimum atomic E-state index is -0.651. The number of fused-ring (bicyclic) bond motifs is 1. The third-order valence-corrected chi connectivity index (χ3v) is 6.13. The molecule has 166 valence electrons. The van der Waals surface area contributed by atoms with Gasteiger partial charge in [0, 0.05) is 38.3 Å². The number of carbonyl (C=O) groups is 1. The van der Waals surface area contributed by atoms with Crippen LogP contribution in [-0.4, -0.2) is 68.9 Å². The fraction of sp³-hybridized carbons (Fsp3) is 0.522. The van der Waals surface area contributed by atoms with E-state index in [1.54, 1.807) is 6.07 Å². The summed E-state index contributed by atoms with van der Waals surface area (Å²) in [6.45, 7) is 2.41. The van der Waals surface area contributed by atoms with Crippen LogP contribution < -0.4 is 10.6 Å². The van der Waals surface area contributed by atoms with E-state index in [0.717, 1.165) is 45.2 Å². The molecule has 1 aromatic heterocycles. The van der Waals surface area contributed by atoms with Crippen molar-refractivity contribution in [1.82, 2.24) is 20.2 Å². The number of benzene rings is 1. The number of β-amino-alcohol motifs (C(OH)–C–C–N with tert-alkyl or cyclic N) is 1. The summed E-state index contributed by atoms with van der Waals surface area (Å²) in [7, 11) is 0. The molecule has 1 aliphatic heterocycles. The van der Waals surface area contributed by atoms with E-state index in [1.807, 2.05) is 6.07 Å². The molecule has 2 heterocycles. The Bertz CT molecular complexity index is 885. The summed E-state index contributed by atoms with van der Waals surface area (Å²) in [5.74, 6) is 0.279. The van der Waals surface area contributed by atoms with Gasteiger partial charge in [-0.05, 0) is 43.2 Å². The van der Waals surface area contributed by atoms with E-state index in [1.165, 1.54) is 17.5 Å². The Kier molecular flexibility index (Phi) is 7.11. The van der Waals surface area contributed by atoms with Gasteiger partial charge >= 0.3 is 0 Å². The summed E-state index contributed by atoms with van der Waals surface area (Å²) >= 11 is 0. The number of hydrogen-bond acceptors (Lipinski definition) is 7. The van der Waals surface area contributed by atoms with Crippen LogP contribution in [0, 0.1) is 0 Å². The average molecular weight is 426 g/mol. The van der Waals surface area contributed by atoms with Gasteiger partial charge < -0.3 is 20.8 Å². The fourth-order valence-corrected chi connectivity index (χ4v) is 4.36. The van der Waals surface area contributed by atoms with Gasteiger partial charge in [-0.1, -0.05) is 24.3 Å². The third-order valence-electron chi connectivity index (χ3n) is 6.13. The molecular formula is C23H31N5O3. The molecule has 1 amide bonds. The molecule has 1 aliphatic carbocycles. The summed E-state index contributed by atoms with van der Waals surface area (Å²) in [5.41, 5.74) is 2.95. The number of aliphatic hydroxyl groups excluding tert-OH is 2. The average Bonchev–Trinajstić information content (AvgIpc) is 2.79. The van der Waals surface area contributed by atoms with Crippen LogP contribution in [-0.2, 0) is 13.0 Å². The number of carbonyl (C=O) groups excluding carboxylic acids is 1. The van der Waals surface area contributed by atoms with Crippen LogP contribution in [0.3, 0.4) is 0 Å². The summed E-state index contributed by atoms with van der Waals surface area (Å²) in [4.78, 5) is 23.0. The van der Waals surface area contributed by atoms with E-state index in [4.69, 9.17) is 0 Å². The highest BCUT2D eigenvalue weighted by Crippen LogP contribution is 2.21. The minimum absolute atomic E-state index is 0.171. The van der Waals surface area contributed by atoms with Gasteiger partial charge in [0.2, 0.25) is 0 Å². The van der Waals surface area contributed by atoms with E-state index < -0.39 is 6.10 Å². The smallest absolute Gasteiger partial charge is 0.270 e. The Hall–Kier alpha value is -2.55. The maximum atomic E-state index is 12.5. The maximum absolute atomic E-state index is 12.5. The first-order valence-corrected chi connectivity index (χ1v) is 11.1. The van der Waals surface area contributed by atoms with Crippen LogP contribution in [0.4, 0.5) is 5.82 Å². The van der Waals surface area contributed by atoms with Gasteiger partial charge in [-0.2, -0.15) is 0 Å². The van der Waals surface area contributed by atoms with Gasteiger partial charge in [0.15, 0.2) is 0 Å². The zero-order valence-electron chi connectivity index (χ0n) is 17.7. The Morgan fingerprint density at radius 1 is 1.16 bits per heavy atom. The van der Waals surface area contributed by atoms with Crippen LogP contribution in [0.25, 0.3) is 0 Å². The summed E-state index contributed by atoms with van der Waals surface area (Å²) in [5, 5.41) is 26.1. The van der Waals surface area contributed by atoms with Crippen LogP contribution >= 0.6 is 0 Å². The number of hydrogen-bond donors (Lipinski definition) is 4. The first kappa shape index (κ1) is 21.7. The molecule has 4 N–H and O–H groups in total. The second kappa shape index (κ2) is 10.2. The van der Waals surface area contributed by atoms with Crippen molar-refractivity contribution in [3.8, 4) is 0 Å². The van der Waals surface area contributed by atoms with Gasteiger partial charge in [-0.3, -0.25) is 9.69 Å². The molecule has 8 heteroatoms. The highest BCUT2D eigenvalue weighted by Gasteiger charge is 2.21. The van der Waals surface area contributed by atoms with Gasteiger partial charge in [0.05, 0.1) is 12.2 Å². The number of aliphatic hydroxyl groups is 2. The first-order chi connectivity index (χ1) is 15.1. The highest BCUT2D eigenvalue weighted by molar-refractivity contribution is 5.92. The number of amides is 1.